The quantitative estimate of drug-likeness (QED) is 0.655. The Kier molecular flexibility index (Phi) is 4.27. The van der Waals surface area contributed by atoms with Crippen molar-refractivity contribution in [3.8, 4) is 0 Å². The summed E-state index contributed by atoms with van der Waals surface area (Å²) < 4.78 is 2.21. The molecule has 1 unspecified atom stereocenters. The number of hydrogen-bond donors (Lipinski definition) is 0. The molecular weight excluding hydrogens is 315 g/mol. The average Bonchev–Trinajstić information content (AvgIpc) is 2.10. The summed E-state index contributed by atoms with van der Waals surface area (Å²) in [5.74, 6) is 0. The van der Waals surface area contributed by atoms with E-state index in [1.165, 1.54) is 5.56 Å². The van der Waals surface area contributed by atoms with E-state index in [9.17, 15) is 0 Å². The molecule has 0 amide bonds. The monoisotopic (exact) mass is 324 g/mol. The molecule has 0 bridgehead atoms. The van der Waals surface area contributed by atoms with Crippen molar-refractivity contribution >= 4 is 43.5 Å². The Labute approximate surface area is 101 Å². The van der Waals surface area contributed by atoms with E-state index in [0.29, 0.717) is 0 Å². The van der Waals surface area contributed by atoms with Crippen LogP contribution in [0.5, 0.6) is 0 Å². The highest BCUT2D eigenvalue weighted by Crippen LogP contribution is 2.34. The minimum atomic E-state index is 0.0891. The first kappa shape index (κ1) is 11.5. The zero-order valence-electron chi connectivity index (χ0n) is 7.57. The second kappa shape index (κ2) is 4.81. The minimum absolute atomic E-state index is 0.0891. The summed E-state index contributed by atoms with van der Waals surface area (Å²) in [6.45, 7) is 4.14. The number of halogens is 3. The van der Waals surface area contributed by atoms with Crippen LogP contribution >= 0.6 is 43.5 Å². The molecule has 0 aromatic heterocycles. The topological polar surface area (TPSA) is 0 Å². The lowest BCUT2D eigenvalue weighted by Gasteiger charge is -2.11. The predicted octanol–water partition coefficient (Wildman–Crippen LogP) is 5.21. The van der Waals surface area contributed by atoms with Crippen molar-refractivity contribution in [1.82, 2.24) is 0 Å². The van der Waals surface area contributed by atoms with Crippen LogP contribution in [0.2, 0.25) is 0 Å². The summed E-state index contributed by atoms with van der Waals surface area (Å²) in [5, 5.41) is 0.0891. The fourth-order valence-corrected chi connectivity index (χ4v) is 2.53. The molecule has 1 aromatic carbocycles. The van der Waals surface area contributed by atoms with Gasteiger partial charge in [-0.3, -0.25) is 0 Å². The Morgan fingerprint density at radius 3 is 2.46 bits per heavy atom. The summed E-state index contributed by atoms with van der Waals surface area (Å²) in [7, 11) is 0. The number of alkyl halides is 1. The molecule has 0 aliphatic heterocycles. The number of aryl methyl sites for hydroxylation is 1. The molecule has 1 aromatic rings. The normalized spacial score (nSPS) is 13.0. The Balaban J connectivity index is 3.15. The second-order valence-electron chi connectivity index (χ2n) is 3.00. The van der Waals surface area contributed by atoms with Gasteiger partial charge in [-0.15, -0.1) is 11.6 Å². The first-order chi connectivity index (χ1) is 6.06. The number of rotatable bonds is 2. The molecule has 1 atom stereocenters. The van der Waals surface area contributed by atoms with Gasteiger partial charge in [0.1, 0.15) is 0 Å². The Morgan fingerprint density at radius 1 is 1.31 bits per heavy atom. The van der Waals surface area contributed by atoms with Crippen LogP contribution in [0.1, 0.15) is 29.8 Å². The second-order valence-corrected chi connectivity index (χ2v) is 5.23. The van der Waals surface area contributed by atoms with Crippen LogP contribution in [0.25, 0.3) is 0 Å². The molecule has 0 nitrogen and oxygen atoms in total. The number of benzene rings is 1. The van der Waals surface area contributed by atoms with Crippen molar-refractivity contribution < 1.29 is 0 Å². The molecule has 0 aliphatic rings. The maximum atomic E-state index is 6.17. The Morgan fingerprint density at radius 2 is 1.92 bits per heavy atom. The van der Waals surface area contributed by atoms with Crippen LogP contribution in [-0.4, -0.2) is 0 Å². The zero-order valence-corrected chi connectivity index (χ0v) is 11.5. The van der Waals surface area contributed by atoms with Gasteiger partial charge in [0, 0.05) is 8.95 Å². The van der Waals surface area contributed by atoms with Crippen LogP contribution in [0.4, 0.5) is 0 Å². The summed E-state index contributed by atoms with van der Waals surface area (Å²) in [5.41, 5.74) is 2.37. The van der Waals surface area contributed by atoms with Gasteiger partial charge < -0.3 is 0 Å². The van der Waals surface area contributed by atoms with Gasteiger partial charge in [-0.2, -0.15) is 0 Å². The first-order valence-electron chi connectivity index (χ1n) is 4.15. The van der Waals surface area contributed by atoms with Gasteiger partial charge in [0.15, 0.2) is 0 Å². The van der Waals surface area contributed by atoms with Crippen LogP contribution in [0.3, 0.4) is 0 Å². The molecule has 3 heteroatoms. The summed E-state index contributed by atoms with van der Waals surface area (Å²) >= 11 is 13.2. The summed E-state index contributed by atoms with van der Waals surface area (Å²) in [6.07, 6.45) is 0.940. The van der Waals surface area contributed by atoms with Crippen LogP contribution in [0, 0.1) is 6.92 Å². The molecule has 0 saturated carbocycles. The van der Waals surface area contributed by atoms with E-state index in [2.05, 4.69) is 57.8 Å². The standard InChI is InChI=1S/C10H11Br2Cl/c1-3-10(13)7-5-8(11)6(2)4-9(7)12/h4-5,10H,3H2,1-2H3. The molecule has 0 spiro atoms. The van der Waals surface area contributed by atoms with E-state index in [4.69, 9.17) is 11.6 Å². The maximum absolute atomic E-state index is 6.17. The van der Waals surface area contributed by atoms with E-state index < -0.39 is 0 Å². The lowest BCUT2D eigenvalue weighted by atomic mass is 10.1. The smallest absolute Gasteiger partial charge is 0.0594 e. The van der Waals surface area contributed by atoms with Crippen molar-refractivity contribution in [3.63, 3.8) is 0 Å². The van der Waals surface area contributed by atoms with Gasteiger partial charge in [-0.05, 0) is 36.6 Å². The first-order valence-corrected chi connectivity index (χ1v) is 6.18. The average molecular weight is 326 g/mol. The van der Waals surface area contributed by atoms with Crippen molar-refractivity contribution in [3.05, 3.63) is 32.2 Å². The van der Waals surface area contributed by atoms with E-state index in [1.807, 2.05) is 0 Å². The highest BCUT2D eigenvalue weighted by molar-refractivity contribution is 9.11. The molecule has 0 heterocycles. The van der Waals surface area contributed by atoms with Crippen molar-refractivity contribution in [2.45, 2.75) is 25.6 Å². The molecule has 0 fully saturated rings. The van der Waals surface area contributed by atoms with Gasteiger partial charge in [0.25, 0.3) is 0 Å². The SMILES string of the molecule is CCC(Cl)c1cc(Br)c(C)cc1Br. The van der Waals surface area contributed by atoms with Crippen molar-refractivity contribution in [1.29, 1.82) is 0 Å². The van der Waals surface area contributed by atoms with E-state index >= 15 is 0 Å². The Hall–Kier alpha value is 0.470. The van der Waals surface area contributed by atoms with E-state index in [1.54, 1.807) is 0 Å². The molecule has 1 rings (SSSR count). The fourth-order valence-electron chi connectivity index (χ4n) is 1.12. The van der Waals surface area contributed by atoms with E-state index in [-0.39, 0.29) is 5.38 Å². The third-order valence-corrected chi connectivity index (χ3v) is 4.06. The van der Waals surface area contributed by atoms with Crippen molar-refractivity contribution in [2.75, 3.05) is 0 Å². The third kappa shape index (κ3) is 2.71. The largest absolute Gasteiger partial charge is 0.118 e. The molecule has 0 radical (unpaired) electrons. The predicted molar refractivity (Wildman–Crippen MR) is 65.5 cm³/mol. The molecule has 0 saturated heterocycles. The zero-order chi connectivity index (χ0) is 10.0. The maximum Gasteiger partial charge on any atom is 0.0594 e. The summed E-state index contributed by atoms with van der Waals surface area (Å²) in [6, 6.07) is 4.17. The molecular formula is C10H11Br2Cl. The summed E-state index contributed by atoms with van der Waals surface area (Å²) in [4.78, 5) is 0. The molecule has 0 aliphatic carbocycles. The molecule has 0 N–H and O–H groups in total. The van der Waals surface area contributed by atoms with Crippen LogP contribution < -0.4 is 0 Å². The third-order valence-electron chi connectivity index (χ3n) is 1.97. The lowest BCUT2D eigenvalue weighted by molar-refractivity contribution is 0.877. The number of hydrogen-bond acceptors (Lipinski definition) is 0. The fraction of sp³-hybridized carbons (Fsp3) is 0.400. The molecule has 13 heavy (non-hydrogen) atoms. The Bertz CT molecular complexity index is 310. The van der Waals surface area contributed by atoms with Crippen LogP contribution in [-0.2, 0) is 0 Å². The van der Waals surface area contributed by atoms with Crippen molar-refractivity contribution in [2.24, 2.45) is 0 Å². The van der Waals surface area contributed by atoms with Gasteiger partial charge >= 0.3 is 0 Å². The van der Waals surface area contributed by atoms with Crippen LogP contribution in [0.15, 0.2) is 21.1 Å². The van der Waals surface area contributed by atoms with Gasteiger partial charge in [0.05, 0.1) is 5.38 Å². The van der Waals surface area contributed by atoms with Gasteiger partial charge in [-0.1, -0.05) is 38.8 Å². The van der Waals surface area contributed by atoms with Gasteiger partial charge in [0.2, 0.25) is 0 Å². The van der Waals surface area contributed by atoms with E-state index in [0.717, 1.165) is 20.9 Å². The van der Waals surface area contributed by atoms with Gasteiger partial charge in [-0.25, -0.2) is 0 Å². The highest BCUT2D eigenvalue weighted by Gasteiger charge is 2.11. The lowest BCUT2D eigenvalue weighted by Crippen LogP contribution is -1.91. The minimum Gasteiger partial charge on any atom is -0.118 e. The highest BCUT2D eigenvalue weighted by atomic mass is 79.9. The molecule has 72 valence electrons.